The molecule has 0 saturated carbocycles. The van der Waals surface area contributed by atoms with Crippen LogP contribution in [0.3, 0.4) is 0 Å². The van der Waals surface area contributed by atoms with Crippen LogP contribution in [0.2, 0.25) is 5.02 Å². The number of carbonyl (C=O) groups excluding carboxylic acids is 1. The molecule has 0 aliphatic heterocycles. The molecule has 1 aromatic heterocycles. The fourth-order valence-corrected chi connectivity index (χ4v) is 3.22. The monoisotopic (exact) mass is 424 g/mol. The normalized spacial score (nSPS) is 11.5. The average molecular weight is 425 g/mol. The van der Waals surface area contributed by atoms with Crippen LogP contribution in [-0.2, 0) is 22.8 Å². The highest BCUT2D eigenvalue weighted by Gasteiger charge is 2.34. The molecule has 1 aromatic carbocycles. The summed E-state index contributed by atoms with van der Waals surface area (Å²) in [5.74, 6) is -1.56. The van der Waals surface area contributed by atoms with E-state index in [0.29, 0.717) is 10.7 Å². The third-order valence-corrected chi connectivity index (χ3v) is 4.77. The van der Waals surface area contributed by atoms with E-state index in [0.717, 1.165) is 24.9 Å². The quantitative estimate of drug-likeness (QED) is 0.413. The van der Waals surface area contributed by atoms with Crippen molar-refractivity contribution >= 4 is 29.3 Å². The van der Waals surface area contributed by atoms with Gasteiger partial charge in [-0.2, -0.15) is 18.3 Å². The zero-order valence-corrected chi connectivity index (χ0v) is 15.6. The number of thioether (sulfide) groups is 1. The van der Waals surface area contributed by atoms with Gasteiger partial charge in [-0.05, 0) is 19.1 Å². The van der Waals surface area contributed by atoms with Gasteiger partial charge >= 0.3 is 12.1 Å². The van der Waals surface area contributed by atoms with Crippen molar-refractivity contribution in [3.8, 4) is 11.3 Å². The predicted molar refractivity (Wildman–Crippen MR) is 92.2 cm³/mol. The number of rotatable bonds is 5. The maximum Gasteiger partial charge on any atom is 0.433 e. The highest BCUT2D eigenvalue weighted by Crippen LogP contribution is 2.33. The van der Waals surface area contributed by atoms with Crippen LogP contribution in [0.15, 0.2) is 27.9 Å². The average Bonchev–Trinajstić information content (AvgIpc) is 2.55. The molecule has 2 aromatic rings. The Hall–Kier alpha value is -2.07. The van der Waals surface area contributed by atoms with Crippen LogP contribution in [0.1, 0.15) is 12.6 Å². The highest BCUT2D eigenvalue weighted by molar-refractivity contribution is 8.00. The first kappa shape index (κ1) is 21.2. The highest BCUT2D eigenvalue weighted by atomic mass is 35.5. The minimum atomic E-state index is -4.78. The van der Waals surface area contributed by atoms with Gasteiger partial charge in [0.2, 0.25) is 5.43 Å². The molecule has 0 atom stereocenters. The number of carbonyl (C=O) groups is 1. The number of hydrogen-bond acceptors (Lipinski definition) is 5. The summed E-state index contributed by atoms with van der Waals surface area (Å²) in [6, 6.07) is 2.42. The number of aryl methyl sites for hydroxylation is 1. The van der Waals surface area contributed by atoms with E-state index in [2.05, 4.69) is 5.10 Å². The van der Waals surface area contributed by atoms with Crippen molar-refractivity contribution in [3.63, 3.8) is 0 Å². The van der Waals surface area contributed by atoms with Crippen LogP contribution < -0.4 is 5.43 Å². The Labute approximate surface area is 160 Å². The summed E-state index contributed by atoms with van der Waals surface area (Å²) in [6.07, 6.45) is -4.78. The molecule has 1 heterocycles. The van der Waals surface area contributed by atoms with E-state index in [1.165, 1.54) is 6.07 Å². The first-order chi connectivity index (χ1) is 12.5. The fraction of sp³-hybridized carbons (Fsp3) is 0.312. The van der Waals surface area contributed by atoms with Crippen LogP contribution in [0.4, 0.5) is 17.6 Å². The zero-order valence-electron chi connectivity index (χ0n) is 14.1. The molecule has 0 saturated heterocycles. The number of ether oxygens (including phenoxy) is 1. The minimum Gasteiger partial charge on any atom is -0.465 e. The molecule has 0 bridgehead atoms. The van der Waals surface area contributed by atoms with E-state index in [1.807, 2.05) is 0 Å². The molecule has 0 aliphatic carbocycles. The van der Waals surface area contributed by atoms with Gasteiger partial charge < -0.3 is 4.74 Å². The summed E-state index contributed by atoms with van der Waals surface area (Å²) in [5, 5.41) is 3.55. The standard InChI is InChI=1S/C16H13ClF4N2O3S/c1-3-26-14(25)7-27-12-4-8(10(18)5-9(12)17)15-11(24)6-13(16(19,20)21)23(2)22-15/h4-6H,3,7H2,1-2H3. The number of esters is 1. The van der Waals surface area contributed by atoms with Gasteiger partial charge in [0.15, 0.2) is 0 Å². The number of benzene rings is 1. The summed E-state index contributed by atoms with van der Waals surface area (Å²) in [5.41, 5.74) is -3.18. The largest absolute Gasteiger partial charge is 0.465 e. The molecule has 146 valence electrons. The van der Waals surface area contributed by atoms with Gasteiger partial charge in [0.05, 0.1) is 17.4 Å². The van der Waals surface area contributed by atoms with Gasteiger partial charge in [0, 0.05) is 23.6 Å². The van der Waals surface area contributed by atoms with Gasteiger partial charge in [0.1, 0.15) is 17.2 Å². The SMILES string of the molecule is CCOC(=O)CSc1cc(-c2nn(C)c(C(F)(F)F)cc2=O)c(F)cc1Cl. The van der Waals surface area contributed by atoms with E-state index in [-0.39, 0.29) is 27.8 Å². The van der Waals surface area contributed by atoms with E-state index >= 15 is 0 Å². The Balaban J connectivity index is 2.47. The Morgan fingerprint density at radius 2 is 2.00 bits per heavy atom. The molecule has 5 nitrogen and oxygen atoms in total. The van der Waals surface area contributed by atoms with Gasteiger partial charge in [0.25, 0.3) is 0 Å². The second-order valence-electron chi connectivity index (χ2n) is 5.22. The molecule has 0 amide bonds. The Kier molecular flexibility index (Phi) is 6.53. The topological polar surface area (TPSA) is 61.2 Å². The molecule has 0 N–H and O–H groups in total. The maximum atomic E-state index is 14.3. The van der Waals surface area contributed by atoms with Gasteiger partial charge in [-0.1, -0.05) is 11.6 Å². The van der Waals surface area contributed by atoms with Gasteiger partial charge in [-0.25, -0.2) is 4.39 Å². The Morgan fingerprint density at radius 1 is 1.33 bits per heavy atom. The number of alkyl halides is 3. The molecule has 0 fully saturated rings. The molecule has 0 aliphatic rings. The Bertz CT molecular complexity index is 931. The van der Waals surface area contributed by atoms with E-state index in [1.54, 1.807) is 6.92 Å². The number of hydrogen-bond donors (Lipinski definition) is 0. The Morgan fingerprint density at radius 3 is 2.59 bits per heavy atom. The first-order valence-corrected chi connectivity index (χ1v) is 8.84. The molecular formula is C16H13ClF4N2O3S. The molecule has 2 rings (SSSR count). The summed E-state index contributed by atoms with van der Waals surface area (Å²) >= 11 is 6.88. The molecule has 11 heteroatoms. The number of nitrogens with zero attached hydrogens (tertiary/aromatic N) is 2. The van der Waals surface area contributed by atoms with Crippen molar-refractivity contribution in [2.45, 2.75) is 18.0 Å². The molecular weight excluding hydrogens is 412 g/mol. The lowest BCUT2D eigenvalue weighted by atomic mass is 10.1. The first-order valence-electron chi connectivity index (χ1n) is 7.48. The molecule has 0 unspecified atom stereocenters. The summed E-state index contributed by atoms with van der Waals surface area (Å²) in [4.78, 5) is 23.8. The van der Waals surface area contributed by atoms with Crippen LogP contribution in [0, 0.1) is 5.82 Å². The third-order valence-electron chi connectivity index (χ3n) is 3.32. The van der Waals surface area contributed by atoms with Gasteiger partial charge in [-0.3, -0.25) is 14.3 Å². The van der Waals surface area contributed by atoms with Crippen LogP contribution in [-0.4, -0.2) is 28.1 Å². The summed E-state index contributed by atoms with van der Waals surface area (Å²) in [6.45, 7) is 1.82. The molecule has 27 heavy (non-hydrogen) atoms. The third kappa shape index (κ3) is 5.01. The fourth-order valence-electron chi connectivity index (χ4n) is 2.15. The van der Waals surface area contributed by atoms with Crippen molar-refractivity contribution in [2.24, 2.45) is 7.05 Å². The maximum absolute atomic E-state index is 14.3. The number of aromatic nitrogens is 2. The van der Waals surface area contributed by atoms with Crippen LogP contribution in [0.5, 0.6) is 0 Å². The van der Waals surface area contributed by atoms with Crippen LogP contribution >= 0.6 is 23.4 Å². The van der Waals surface area contributed by atoms with Crippen molar-refractivity contribution < 1.29 is 27.1 Å². The van der Waals surface area contributed by atoms with Crippen molar-refractivity contribution in [3.05, 3.63) is 45.0 Å². The lowest BCUT2D eigenvalue weighted by molar-refractivity contribution is -0.144. The van der Waals surface area contributed by atoms with E-state index in [4.69, 9.17) is 16.3 Å². The lowest BCUT2D eigenvalue weighted by Crippen LogP contribution is -2.22. The summed E-state index contributed by atoms with van der Waals surface area (Å²) in [7, 11) is 0.996. The summed E-state index contributed by atoms with van der Waals surface area (Å²) < 4.78 is 58.1. The predicted octanol–water partition coefficient (Wildman–Crippen LogP) is 3.91. The molecule has 0 radical (unpaired) electrons. The number of halogens is 5. The van der Waals surface area contributed by atoms with Crippen molar-refractivity contribution in [1.29, 1.82) is 0 Å². The second kappa shape index (κ2) is 8.30. The van der Waals surface area contributed by atoms with E-state index in [9.17, 15) is 27.2 Å². The second-order valence-corrected chi connectivity index (χ2v) is 6.64. The lowest BCUT2D eigenvalue weighted by Gasteiger charge is -2.13. The smallest absolute Gasteiger partial charge is 0.433 e. The molecule has 0 spiro atoms. The van der Waals surface area contributed by atoms with Gasteiger partial charge in [-0.15, -0.1) is 11.8 Å². The van der Waals surface area contributed by atoms with Crippen molar-refractivity contribution in [2.75, 3.05) is 12.4 Å². The van der Waals surface area contributed by atoms with Crippen molar-refractivity contribution in [1.82, 2.24) is 9.78 Å². The zero-order chi connectivity index (χ0) is 20.4. The van der Waals surface area contributed by atoms with Crippen LogP contribution in [0.25, 0.3) is 11.3 Å². The minimum absolute atomic E-state index is 0.0192. The van der Waals surface area contributed by atoms with E-state index < -0.39 is 34.8 Å².